The third-order valence-electron chi connectivity index (χ3n) is 6.62. The van der Waals surface area contributed by atoms with Crippen LogP contribution in [0.5, 0.6) is 5.75 Å². The van der Waals surface area contributed by atoms with Crippen LogP contribution in [0.4, 0.5) is 0 Å². The lowest BCUT2D eigenvalue weighted by Gasteiger charge is -2.35. The van der Waals surface area contributed by atoms with Gasteiger partial charge in [-0.1, -0.05) is 38.7 Å². The van der Waals surface area contributed by atoms with E-state index in [2.05, 4.69) is 35.0 Å². The van der Waals surface area contributed by atoms with Crippen LogP contribution in [0.3, 0.4) is 0 Å². The Morgan fingerprint density at radius 1 is 1.07 bits per heavy atom. The highest BCUT2D eigenvalue weighted by Crippen LogP contribution is 2.30. The number of fused-ring (bicyclic) bond motifs is 1. The molecule has 3 nitrogen and oxygen atoms in total. The number of hydrogen-bond acceptors (Lipinski definition) is 3. The Morgan fingerprint density at radius 2 is 1.89 bits per heavy atom. The van der Waals surface area contributed by atoms with Gasteiger partial charge in [0.1, 0.15) is 17.4 Å². The summed E-state index contributed by atoms with van der Waals surface area (Å²) in [5.74, 6) is 1.93. The summed E-state index contributed by atoms with van der Waals surface area (Å²) in [4.78, 5) is 7.31. The van der Waals surface area contributed by atoms with Crippen LogP contribution in [0.25, 0.3) is 10.9 Å². The molecule has 1 aromatic carbocycles. The van der Waals surface area contributed by atoms with E-state index in [1.807, 2.05) is 12.3 Å². The van der Waals surface area contributed by atoms with Gasteiger partial charge in [0.25, 0.3) is 0 Å². The van der Waals surface area contributed by atoms with Crippen molar-refractivity contribution in [1.82, 2.24) is 9.88 Å². The summed E-state index contributed by atoms with van der Waals surface area (Å²) >= 11 is 0. The molecule has 0 bridgehead atoms. The molecule has 0 spiro atoms. The second kappa shape index (κ2) is 9.73. The zero-order chi connectivity index (χ0) is 19.2. The number of piperidine rings is 1. The van der Waals surface area contributed by atoms with Gasteiger partial charge in [-0.25, -0.2) is 0 Å². The minimum Gasteiger partial charge on any atom is -0.488 e. The van der Waals surface area contributed by atoms with Crippen LogP contribution in [0.15, 0.2) is 30.5 Å². The molecule has 0 radical (unpaired) electrons. The van der Waals surface area contributed by atoms with E-state index in [-0.39, 0.29) is 0 Å². The van der Waals surface area contributed by atoms with E-state index in [1.165, 1.54) is 75.5 Å². The standard InChI is InChI=1S/C25H36N2O/c1-2-3-8-21-17-22-11-7-14-26-25(22)24(18-21)28-23-12-15-27(16-13-23)19-20-9-5-4-6-10-20/h7,11,14,17-18,20,23H,2-6,8-10,12-13,15-16,19H2,1H3. The van der Waals surface area contributed by atoms with E-state index >= 15 is 0 Å². The van der Waals surface area contributed by atoms with Crippen molar-refractivity contribution in [2.24, 2.45) is 5.92 Å². The number of aromatic nitrogens is 1. The Hall–Kier alpha value is -1.61. The fourth-order valence-electron chi connectivity index (χ4n) is 4.96. The molecule has 1 aliphatic heterocycles. The lowest BCUT2D eigenvalue weighted by Crippen LogP contribution is -2.41. The second-order valence-electron chi connectivity index (χ2n) is 8.89. The summed E-state index contributed by atoms with van der Waals surface area (Å²) in [6.07, 6.45) is 15.3. The van der Waals surface area contributed by atoms with Crippen LogP contribution in [-0.2, 0) is 6.42 Å². The van der Waals surface area contributed by atoms with Gasteiger partial charge in [0.2, 0.25) is 0 Å². The third-order valence-corrected chi connectivity index (χ3v) is 6.62. The van der Waals surface area contributed by atoms with Gasteiger partial charge in [-0.3, -0.25) is 4.98 Å². The average Bonchev–Trinajstić information content (AvgIpc) is 2.74. The first-order valence-electron chi connectivity index (χ1n) is 11.6. The highest BCUT2D eigenvalue weighted by molar-refractivity contribution is 5.85. The maximum absolute atomic E-state index is 6.54. The molecule has 0 amide bonds. The molecule has 3 heteroatoms. The van der Waals surface area contributed by atoms with Crippen LogP contribution in [-0.4, -0.2) is 35.6 Å². The summed E-state index contributed by atoms with van der Waals surface area (Å²) in [5.41, 5.74) is 2.40. The number of benzene rings is 1. The monoisotopic (exact) mass is 380 g/mol. The summed E-state index contributed by atoms with van der Waals surface area (Å²) in [6.45, 7) is 5.93. The number of ether oxygens (including phenoxy) is 1. The minimum absolute atomic E-state index is 0.328. The van der Waals surface area contributed by atoms with Gasteiger partial charge in [-0.05, 0) is 68.2 Å². The Morgan fingerprint density at radius 3 is 2.68 bits per heavy atom. The van der Waals surface area contributed by atoms with Crippen molar-refractivity contribution in [1.29, 1.82) is 0 Å². The van der Waals surface area contributed by atoms with Gasteiger partial charge in [-0.2, -0.15) is 0 Å². The lowest BCUT2D eigenvalue weighted by molar-refractivity contribution is 0.0871. The predicted molar refractivity (Wildman–Crippen MR) is 117 cm³/mol. The number of hydrogen-bond donors (Lipinski definition) is 0. The number of likely N-dealkylation sites (tertiary alicyclic amines) is 1. The molecule has 0 N–H and O–H groups in total. The predicted octanol–water partition coefficient (Wildman–Crippen LogP) is 6.00. The second-order valence-corrected chi connectivity index (χ2v) is 8.89. The van der Waals surface area contributed by atoms with Crippen molar-refractivity contribution < 1.29 is 4.74 Å². The Bertz CT molecular complexity index is 745. The zero-order valence-electron chi connectivity index (χ0n) is 17.5. The molecule has 2 heterocycles. The molecule has 2 aliphatic rings. The molecule has 28 heavy (non-hydrogen) atoms. The molecule has 1 saturated heterocycles. The van der Waals surface area contributed by atoms with E-state index in [1.54, 1.807) is 0 Å². The third kappa shape index (κ3) is 5.05. The van der Waals surface area contributed by atoms with Gasteiger partial charge in [0, 0.05) is 31.2 Å². The van der Waals surface area contributed by atoms with Gasteiger partial charge in [0.15, 0.2) is 0 Å². The fourth-order valence-corrected chi connectivity index (χ4v) is 4.96. The molecular weight excluding hydrogens is 344 g/mol. The van der Waals surface area contributed by atoms with Crippen LogP contribution < -0.4 is 4.74 Å². The summed E-state index contributed by atoms with van der Waals surface area (Å²) in [6, 6.07) is 8.73. The van der Waals surface area contributed by atoms with Crippen LogP contribution in [0.1, 0.15) is 70.3 Å². The van der Waals surface area contributed by atoms with Crippen LogP contribution in [0, 0.1) is 5.92 Å². The number of nitrogens with zero attached hydrogens (tertiary/aromatic N) is 2. The van der Waals surface area contributed by atoms with Crippen LogP contribution in [0.2, 0.25) is 0 Å². The SMILES string of the molecule is CCCCc1cc(OC2CCN(CC3CCCCC3)CC2)c2ncccc2c1. The first-order valence-corrected chi connectivity index (χ1v) is 11.6. The van der Waals surface area contributed by atoms with Crippen molar-refractivity contribution in [2.45, 2.75) is 77.2 Å². The molecule has 152 valence electrons. The van der Waals surface area contributed by atoms with E-state index in [0.717, 1.165) is 36.4 Å². The molecule has 4 rings (SSSR count). The van der Waals surface area contributed by atoms with Gasteiger partial charge >= 0.3 is 0 Å². The number of rotatable bonds is 7. The van der Waals surface area contributed by atoms with E-state index in [4.69, 9.17) is 4.74 Å². The Kier molecular flexibility index (Phi) is 6.85. The maximum Gasteiger partial charge on any atom is 0.146 e. The van der Waals surface area contributed by atoms with Gasteiger partial charge in [-0.15, -0.1) is 0 Å². The molecule has 2 fully saturated rings. The van der Waals surface area contributed by atoms with Crippen molar-refractivity contribution in [3.8, 4) is 5.75 Å². The Balaban J connectivity index is 1.38. The number of aryl methyl sites for hydroxylation is 1. The average molecular weight is 381 g/mol. The van der Waals surface area contributed by atoms with E-state index in [9.17, 15) is 0 Å². The van der Waals surface area contributed by atoms with E-state index < -0.39 is 0 Å². The first-order chi connectivity index (χ1) is 13.8. The van der Waals surface area contributed by atoms with Crippen LogP contribution >= 0.6 is 0 Å². The smallest absolute Gasteiger partial charge is 0.146 e. The number of unbranched alkanes of at least 4 members (excludes halogenated alkanes) is 1. The van der Waals surface area contributed by atoms with Crippen molar-refractivity contribution in [2.75, 3.05) is 19.6 Å². The molecular formula is C25H36N2O. The lowest BCUT2D eigenvalue weighted by atomic mass is 9.88. The van der Waals surface area contributed by atoms with Gasteiger partial charge in [0.05, 0.1) is 0 Å². The molecule has 0 unspecified atom stereocenters. The zero-order valence-corrected chi connectivity index (χ0v) is 17.5. The Labute approximate surface area is 170 Å². The summed E-state index contributed by atoms with van der Waals surface area (Å²) in [5, 5.41) is 1.21. The first kappa shape index (κ1) is 19.7. The van der Waals surface area contributed by atoms with Crippen molar-refractivity contribution in [3.05, 3.63) is 36.0 Å². The fraction of sp³-hybridized carbons (Fsp3) is 0.640. The minimum atomic E-state index is 0.328. The normalized spacial score (nSPS) is 19.9. The summed E-state index contributed by atoms with van der Waals surface area (Å²) < 4.78 is 6.54. The largest absolute Gasteiger partial charge is 0.488 e. The highest BCUT2D eigenvalue weighted by atomic mass is 16.5. The molecule has 0 atom stereocenters. The summed E-state index contributed by atoms with van der Waals surface area (Å²) in [7, 11) is 0. The van der Waals surface area contributed by atoms with Crippen molar-refractivity contribution >= 4 is 10.9 Å². The topological polar surface area (TPSA) is 25.4 Å². The van der Waals surface area contributed by atoms with Crippen molar-refractivity contribution in [3.63, 3.8) is 0 Å². The maximum atomic E-state index is 6.54. The highest BCUT2D eigenvalue weighted by Gasteiger charge is 2.24. The molecule has 1 aromatic heterocycles. The molecule has 2 aromatic rings. The van der Waals surface area contributed by atoms with E-state index in [0.29, 0.717) is 6.10 Å². The molecule has 1 saturated carbocycles. The number of pyridine rings is 1. The quantitative estimate of drug-likeness (QED) is 0.589. The molecule has 1 aliphatic carbocycles. The van der Waals surface area contributed by atoms with Gasteiger partial charge < -0.3 is 9.64 Å².